The highest BCUT2D eigenvalue weighted by molar-refractivity contribution is 5.24. The van der Waals surface area contributed by atoms with E-state index in [0.717, 1.165) is 4.57 Å². The van der Waals surface area contributed by atoms with Gasteiger partial charge in [-0.15, -0.1) is 0 Å². The summed E-state index contributed by atoms with van der Waals surface area (Å²) < 4.78 is 18.2. The molecule has 4 rings (SSSR count). The van der Waals surface area contributed by atoms with E-state index in [4.69, 9.17) is 35.9 Å². The molecule has 36 heavy (non-hydrogen) atoms. The molecule has 2 fully saturated rings. The van der Waals surface area contributed by atoms with Crippen molar-refractivity contribution in [3.8, 4) is 0 Å². The molecule has 2 saturated heterocycles. The molecule has 2 aromatic rings. The van der Waals surface area contributed by atoms with E-state index < -0.39 is 67.1 Å². The lowest BCUT2D eigenvalue weighted by molar-refractivity contribution is -0.0716. The molecule has 9 N–H and O–H groups in total. The SMILES string of the molecule is CCO[C@H]1C(O)[C@@H](CO)O[C@H]1n1ccc(N)nc1=O.Nc1ccn([C@@H]2O[C@H](CO)C(O)[C@@H]2O)c(=O)n1. The quantitative estimate of drug-likeness (QED) is 0.194. The van der Waals surface area contributed by atoms with Crippen molar-refractivity contribution in [3.63, 3.8) is 0 Å². The van der Waals surface area contributed by atoms with E-state index in [1.807, 2.05) is 0 Å². The van der Waals surface area contributed by atoms with Crippen molar-refractivity contribution >= 4 is 11.6 Å². The minimum Gasteiger partial charge on any atom is -0.394 e. The third kappa shape index (κ3) is 5.71. The Kier molecular flexibility index (Phi) is 9.09. The average Bonchev–Trinajstić information content (AvgIpc) is 3.30. The monoisotopic (exact) mass is 514 g/mol. The molecule has 8 atom stereocenters. The van der Waals surface area contributed by atoms with Crippen LogP contribution in [0.25, 0.3) is 0 Å². The molecular formula is C20H30N6O10. The zero-order valence-electron chi connectivity index (χ0n) is 19.3. The van der Waals surface area contributed by atoms with Crippen molar-refractivity contribution in [3.05, 3.63) is 45.5 Å². The van der Waals surface area contributed by atoms with Crippen LogP contribution < -0.4 is 22.8 Å². The van der Waals surface area contributed by atoms with Crippen molar-refractivity contribution < 1.29 is 39.7 Å². The topological polar surface area (TPSA) is 251 Å². The summed E-state index contributed by atoms with van der Waals surface area (Å²) in [6.07, 6.45) is -5.24. The van der Waals surface area contributed by atoms with Crippen LogP contribution in [-0.4, -0.2) is 101 Å². The van der Waals surface area contributed by atoms with Gasteiger partial charge < -0.3 is 51.2 Å². The Balaban J connectivity index is 0.000000202. The molecule has 0 saturated carbocycles. The normalized spacial score (nSPS) is 31.7. The second-order valence-electron chi connectivity index (χ2n) is 7.97. The van der Waals surface area contributed by atoms with Crippen LogP contribution in [0.3, 0.4) is 0 Å². The molecule has 2 aliphatic heterocycles. The molecule has 200 valence electrons. The Bertz CT molecular complexity index is 1130. The fourth-order valence-electron chi connectivity index (χ4n) is 3.81. The van der Waals surface area contributed by atoms with Gasteiger partial charge in [0, 0.05) is 19.0 Å². The van der Waals surface area contributed by atoms with Crippen LogP contribution >= 0.6 is 0 Å². The summed E-state index contributed by atoms with van der Waals surface area (Å²) in [5.74, 6) is 0.157. The van der Waals surface area contributed by atoms with Crippen molar-refractivity contribution in [1.82, 2.24) is 19.1 Å². The standard InChI is InChI=1S/C11H17N3O5.C9H13N3O5/c1-2-18-9-8(16)6(5-15)19-10(9)14-4-3-7(12)13-11(14)17;10-5-1-2-12(9(16)11-5)8-7(15)6(14)4(3-13)17-8/h3-4,6,8-10,15-16H,2,5H2,1H3,(H2,12,13,17);1-2,4,6-8,13-15H,3H2,(H2,10,11,16)/t6-,8?,9+,10-;4-,6?,7+,8-/m11/s1. The number of hydrogen-bond donors (Lipinski definition) is 7. The van der Waals surface area contributed by atoms with Crippen LogP contribution in [0.1, 0.15) is 19.4 Å². The van der Waals surface area contributed by atoms with Crippen LogP contribution in [0.15, 0.2) is 34.1 Å². The molecule has 0 aliphatic carbocycles. The van der Waals surface area contributed by atoms with Gasteiger partial charge in [0.25, 0.3) is 0 Å². The lowest BCUT2D eigenvalue weighted by Gasteiger charge is -2.21. The highest BCUT2D eigenvalue weighted by atomic mass is 16.6. The van der Waals surface area contributed by atoms with Gasteiger partial charge in [-0.2, -0.15) is 9.97 Å². The van der Waals surface area contributed by atoms with Gasteiger partial charge >= 0.3 is 11.4 Å². The summed E-state index contributed by atoms with van der Waals surface area (Å²) in [7, 11) is 0. The summed E-state index contributed by atoms with van der Waals surface area (Å²) in [5.41, 5.74) is 9.45. The molecule has 0 radical (unpaired) electrons. The summed E-state index contributed by atoms with van der Waals surface area (Å²) >= 11 is 0. The van der Waals surface area contributed by atoms with Gasteiger partial charge in [0.1, 0.15) is 48.3 Å². The van der Waals surface area contributed by atoms with Crippen molar-refractivity contribution in [1.29, 1.82) is 0 Å². The fourth-order valence-corrected chi connectivity index (χ4v) is 3.81. The van der Waals surface area contributed by atoms with E-state index in [1.54, 1.807) is 6.92 Å². The van der Waals surface area contributed by atoms with E-state index in [1.165, 1.54) is 29.1 Å². The van der Waals surface area contributed by atoms with Crippen molar-refractivity contribution in [2.45, 2.75) is 56.0 Å². The molecule has 2 unspecified atom stereocenters. The van der Waals surface area contributed by atoms with Gasteiger partial charge in [0.2, 0.25) is 0 Å². The Labute approximate surface area is 203 Å². The number of aliphatic hydroxyl groups excluding tert-OH is 5. The minimum absolute atomic E-state index is 0.0537. The predicted octanol–water partition coefficient (Wildman–Crippen LogP) is -4.08. The van der Waals surface area contributed by atoms with Crippen LogP contribution in [0.4, 0.5) is 11.6 Å². The molecule has 2 aromatic heterocycles. The number of ether oxygens (including phenoxy) is 3. The van der Waals surface area contributed by atoms with E-state index in [0.29, 0.717) is 6.61 Å². The Hall–Kier alpha value is -2.96. The second-order valence-corrected chi connectivity index (χ2v) is 7.97. The maximum atomic E-state index is 11.8. The number of nitrogens with zero attached hydrogens (tertiary/aromatic N) is 4. The van der Waals surface area contributed by atoms with Crippen LogP contribution in [0, 0.1) is 0 Å². The first-order valence-corrected chi connectivity index (χ1v) is 11.0. The van der Waals surface area contributed by atoms with E-state index in [-0.39, 0.29) is 18.2 Å². The number of rotatable bonds is 6. The molecule has 2 aliphatic rings. The van der Waals surface area contributed by atoms with E-state index >= 15 is 0 Å². The summed E-state index contributed by atoms with van der Waals surface area (Å²) in [6.45, 7) is 1.29. The lowest BCUT2D eigenvalue weighted by atomic mass is 10.1. The molecule has 0 amide bonds. The Morgan fingerprint density at radius 1 is 0.861 bits per heavy atom. The first-order valence-electron chi connectivity index (χ1n) is 11.0. The van der Waals surface area contributed by atoms with Crippen LogP contribution in [0.5, 0.6) is 0 Å². The van der Waals surface area contributed by atoms with Crippen LogP contribution in [-0.2, 0) is 14.2 Å². The third-order valence-corrected chi connectivity index (χ3v) is 5.62. The number of nitrogen functional groups attached to an aromatic ring is 2. The van der Waals surface area contributed by atoms with Crippen molar-refractivity contribution in [2.75, 3.05) is 31.3 Å². The molecule has 0 aromatic carbocycles. The Morgan fingerprint density at radius 2 is 1.33 bits per heavy atom. The number of aromatic nitrogens is 4. The predicted molar refractivity (Wildman–Crippen MR) is 121 cm³/mol. The van der Waals surface area contributed by atoms with Gasteiger partial charge in [0.15, 0.2) is 12.5 Å². The second kappa shape index (κ2) is 11.8. The van der Waals surface area contributed by atoms with E-state index in [9.17, 15) is 24.9 Å². The van der Waals surface area contributed by atoms with Gasteiger partial charge in [-0.1, -0.05) is 0 Å². The molecule has 0 bridgehead atoms. The summed E-state index contributed by atoms with van der Waals surface area (Å²) in [4.78, 5) is 30.4. The fraction of sp³-hybridized carbons (Fsp3) is 0.600. The zero-order valence-corrected chi connectivity index (χ0v) is 19.3. The molecule has 16 nitrogen and oxygen atoms in total. The first-order chi connectivity index (χ1) is 17.1. The summed E-state index contributed by atoms with van der Waals surface area (Å²) in [6, 6.07) is 2.82. The largest absolute Gasteiger partial charge is 0.394 e. The number of nitrogens with two attached hydrogens (primary N) is 2. The maximum absolute atomic E-state index is 11.8. The van der Waals surface area contributed by atoms with E-state index in [2.05, 4.69) is 9.97 Å². The van der Waals surface area contributed by atoms with Gasteiger partial charge in [-0.05, 0) is 19.1 Å². The molecule has 0 spiro atoms. The van der Waals surface area contributed by atoms with Gasteiger partial charge in [0.05, 0.1) is 13.2 Å². The highest BCUT2D eigenvalue weighted by Crippen LogP contribution is 2.31. The smallest absolute Gasteiger partial charge is 0.351 e. The summed E-state index contributed by atoms with van der Waals surface area (Å²) in [5, 5.41) is 47.3. The molecular weight excluding hydrogens is 484 g/mol. The number of anilines is 2. The first kappa shape index (κ1) is 27.6. The highest BCUT2D eigenvalue weighted by Gasteiger charge is 2.45. The van der Waals surface area contributed by atoms with Crippen LogP contribution in [0.2, 0.25) is 0 Å². The Morgan fingerprint density at radius 3 is 1.78 bits per heavy atom. The van der Waals surface area contributed by atoms with Gasteiger partial charge in [-0.25, -0.2) is 9.59 Å². The van der Waals surface area contributed by atoms with Crippen molar-refractivity contribution in [2.24, 2.45) is 0 Å². The molecule has 4 heterocycles. The lowest BCUT2D eigenvalue weighted by Crippen LogP contribution is -2.38. The molecule has 16 heteroatoms. The maximum Gasteiger partial charge on any atom is 0.351 e. The zero-order chi connectivity index (χ0) is 26.6. The number of hydrogen-bond acceptors (Lipinski definition) is 14. The van der Waals surface area contributed by atoms with Gasteiger partial charge in [-0.3, -0.25) is 9.13 Å². The average molecular weight is 514 g/mol. The minimum atomic E-state index is -1.31. The number of aliphatic hydroxyl groups is 5. The third-order valence-electron chi connectivity index (χ3n) is 5.62.